The zero-order valence-corrected chi connectivity index (χ0v) is 16.7. The van der Waals surface area contributed by atoms with E-state index in [-0.39, 0.29) is 5.91 Å². The number of carbonyl (C=O) groups is 1. The number of ether oxygens (including phenoxy) is 1. The van der Waals surface area contributed by atoms with Gasteiger partial charge in [-0.25, -0.2) is 4.98 Å². The van der Waals surface area contributed by atoms with Crippen LogP contribution < -0.4 is 9.64 Å². The molecule has 4 rings (SSSR count). The second-order valence-electron chi connectivity index (χ2n) is 6.43. The highest BCUT2D eigenvalue weighted by Crippen LogP contribution is 2.35. The van der Waals surface area contributed by atoms with E-state index in [0.29, 0.717) is 47.5 Å². The molecule has 0 radical (unpaired) electrons. The summed E-state index contributed by atoms with van der Waals surface area (Å²) in [6, 6.07) is 11.0. The molecule has 1 aliphatic heterocycles. The molecule has 8 heteroatoms. The Morgan fingerprint density at radius 2 is 1.68 bits per heavy atom. The van der Waals surface area contributed by atoms with Crippen molar-refractivity contribution in [1.82, 2.24) is 14.9 Å². The van der Waals surface area contributed by atoms with Crippen LogP contribution in [0.5, 0.6) is 5.75 Å². The first-order valence-electron chi connectivity index (χ1n) is 8.86. The van der Waals surface area contributed by atoms with Gasteiger partial charge in [0, 0.05) is 26.2 Å². The molecule has 1 fully saturated rings. The van der Waals surface area contributed by atoms with Crippen molar-refractivity contribution < 1.29 is 9.53 Å². The molecule has 1 aliphatic rings. The Bertz CT molecular complexity index is 1040. The molecule has 0 spiro atoms. The van der Waals surface area contributed by atoms with Crippen molar-refractivity contribution in [3.8, 4) is 5.75 Å². The molecule has 0 aliphatic carbocycles. The van der Waals surface area contributed by atoms with E-state index in [1.54, 1.807) is 23.2 Å². The first kappa shape index (κ1) is 18.8. The van der Waals surface area contributed by atoms with Crippen molar-refractivity contribution in [1.29, 1.82) is 0 Å². The van der Waals surface area contributed by atoms with E-state index < -0.39 is 0 Å². The van der Waals surface area contributed by atoms with Gasteiger partial charge in [0.15, 0.2) is 5.75 Å². The van der Waals surface area contributed by atoms with E-state index in [1.165, 1.54) is 7.11 Å². The molecule has 0 unspecified atom stereocenters. The Balaban J connectivity index is 1.51. The van der Waals surface area contributed by atoms with Gasteiger partial charge in [0.2, 0.25) is 0 Å². The highest BCUT2D eigenvalue weighted by Gasteiger charge is 2.28. The fourth-order valence-electron chi connectivity index (χ4n) is 3.33. The van der Waals surface area contributed by atoms with Crippen LogP contribution in [0, 0.1) is 0 Å². The van der Waals surface area contributed by atoms with Crippen LogP contribution in [0.2, 0.25) is 10.0 Å². The molecule has 0 saturated carbocycles. The molecule has 0 bridgehead atoms. The van der Waals surface area contributed by atoms with Gasteiger partial charge in [-0.2, -0.15) is 0 Å². The van der Waals surface area contributed by atoms with Crippen LogP contribution in [0.1, 0.15) is 10.4 Å². The second kappa shape index (κ2) is 7.81. The van der Waals surface area contributed by atoms with Gasteiger partial charge in [-0.15, -0.1) is 0 Å². The lowest BCUT2D eigenvalue weighted by Crippen LogP contribution is -2.49. The minimum Gasteiger partial charge on any atom is -0.494 e. The second-order valence-corrected chi connectivity index (χ2v) is 7.25. The number of amides is 1. The number of anilines is 1. The number of fused-ring (bicyclic) bond motifs is 1. The first-order valence-corrected chi connectivity index (χ1v) is 9.62. The van der Waals surface area contributed by atoms with E-state index in [2.05, 4.69) is 14.9 Å². The van der Waals surface area contributed by atoms with Gasteiger partial charge < -0.3 is 14.5 Å². The fraction of sp³-hybridized carbons (Fsp3) is 0.250. The van der Waals surface area contributed by atoms with Gasteiger partial charge in [-0.05, 0) is 24.3 Å². The Labute approximate surface area is 172 Å². The highest BCUT2D eigenvalue weighted by atomic mass is 35.5. The van der Waals surface area contributed by atoms with E-state index in [1.807, 2.05) is 24.3 Å². The topological polar surface area (TPSA) is 58.6 Å². The van der Waals surface area contributed by atoms with Crippen LogP contribution >= 0.6 is 23.2 Å². The van der Waals surface area contributed by atoms with Crippen molar-refractivity contribution in [2.45, 2.75) is 0 Å². The highest BCUT2D eigenvalue weighted by molar-refractivity contribution is 6.37. The average molecular weight is 417 g/mol. The monoisotopic (exact) mass is 416 g/mol. The van der Waals surface area contributed by atoms with Gasteiger partial charge >= 0.3 is 0 Å². The smallest absolute Gasteiger partial charge is 0.259 e. The number of carbonyl (C=O) groups excluding carboxylic acids is 1. The summed E-state index contributed by atoms with van der Waals surface area (Å²) in [5, 5.41) is 0.689. The van der Waals surface area contributed by atoms with Crippen molar-refractivity contribution in [3.63, 3.8) is 0 Å². The van der Waals surface area contributed by atoms with Gasteiger partial charge in [0.25, 0.3) is 5.91 Å². The minimum absolute atomic E-state index is 0.186. The number of piperazine rings is 1. The summed E-state index contributed by atoms with van der Waals surface area (Å²) in [7, 11) is 1.48. The molecular formula is C20H18Cl2N4O2. The van der Waals surface area contributed by atoms with Crippen molar-refractivity contribution in [2.75, 3.05) is 38.2 Å². The third kappa shape index (κ3) is 3.45. The van der Waals surface area contributed by atoms with Crippen LogP contribution in [-0.2, 0) is 0 Å². The Morgan fingerprint density at radius 1 is 1.00 bits per heavy atom. The third-order valence-electron chi connectivity index (χ3n) is 4.80. The predicted octanol–water partition coefficient (Wildman–Crippen LogP) is 3.91. The lowest BCUT2D eigenvalue weighted by atomic mass is 10.1. The van der Waals surface area contributed by atoms with Gasteiger partial charge in [0.1, 0.15) is 11.4 Å². The number of hydrogen-bond acceptors (Lipinski definition) is 5. The summed E-state index contributed by atoms with van der Waals surface area (Å²) in [5.74, 6) is 0.930. The first-order chi connectivity index (χ1) is 13.6. The summed E-state index contributed by atoms with van der Waals surface area (Å²) in [4.78, 5) is 26.1. The summed E-state index contributed by atoms with van der Waals surface area (Å²) >= 11 is 12.4. The molecule has 2 aromatic carbocycles. The maximum Gasteiger partial charge on any atom is 0.259 e. The number of nitrogens with zero attached hydrogens (tertiary/aromatic N) is 4. The summed E-state index contributed by atoms with van der Waals surface area (Å²) < 4.78 is 5.31. The Hall–Kier alpha value is -2.57. The van der Waals surface area contributed by atoms with Crippen molar-refractivity contribution in [3.05, 3.63) is 58.2 Å². The lowest BCUT2D eigenvalue weighted by Gasteiger charge is -2.35. The molecule has 144 valence electrons. The third-order valence-corrected chi connectivity index (χ3v) is 5.42. The summed E-state index contributed by atoms with van der Waals surface area (Å²) in [6.07, 6.45) is 1.77. The zero-order chi connectivity index (χ0) is 19.7. The number of aromatic nitrogens is 2. The molecule has 1 saturated heterocycles. The van der Waals surface area contributed by atoms with Crippen molar-refractivity contribution >= 4 is 46.0 Å². The molecule has 2 heterocycles. The van der Waals surface area contributed by atoms with E-state index in [4.69, 9.17) is 27.9 Å². The molecule has 3 aromatic rings. The average Bonchev–Trinajstić information content (AvgIpc) is 2.74. The molecule has 28 heavy (non-hydrogen) atoms. The van der Waals surface area contributed by atoms with Crippen LogP contribution in [0.3, 0.4) is 0 Å². The summed E-state index contributed by atoms with van der Waals surface area (Å²) in [6.45, 7) is 2.39. The molecule has 6 nitrogen and oxygen atoms in total. The normalized spacial score (nSPS) is 14.4. The van der Waals surface area contributed by atoms with E-state index >= 15 is 0 Å². The standard InChI is InChI=1S/C20H18Cl2N4O2/c1-28-19-14(22)7-6-13(21)18(19)20(27)26-10-8-25(9-11-26)17-12-23-15-4-2-3-5-16(15)24-17/h2-7,12H,8-11H2,1H3. The maximum atomic E-state index is 13.0. The SMILES string of the molecule is COc1c(Cl)ccc(Cl)c1C(=O)N1CCN(c2cnc3ccccc3n2)CC1. The van der Waals surface area contributed by atoms with Crippen LogP contribution in [0.15, 0.2) is 42.6 Å². The predicted molar refractivity (Wildman–Crippen MR) is 111 cm³/mol. The number of halogens is 2. The minimum atomic E-state index is -0.186. The quantitative estimate of drug-likeness (QED) is 0.647. The number of methoxy groups -OCH3 is 1. The van der Waals surface area contributed by atoms with Gasteiger partial charge in [0.05, 0.1) is 34.4 Å². The molecular weight excluding hydrogens is 399 g/mol. The Morgan fingerprint density at radius 3 is 2.39 bits per heavy atom. The van der Waals surface area contributed by atoms with Crippen LogP contribution in [0.4, 0.5) is 5.82 Å². The summed E-state index contributed by atoms with van der Waals surface area (Å²) in [5.41, 5.74) is 2.02. The van der Waals surface area contributed by atoms with Crippen LogP contribution in [-0.4, -0.2) is 54.1 Å². The molecule has 1 amide bonds. The maximum absolute atomic E-state index is 13.0. The van der Waals surface area contributed by atoms with Crippen LogP contribution in [0.25, 0.3) is 11.0 Å². The number of para-hydroxylation sites is 2. The zero-order valence-electron chi connectivity index (χ0n) is 15.2. The van der Waals surface area contributed by atoms with Crippen molar-refractivity contribution in [2.24, 2.45) is 0 Å². The molecule has 0 atom stereocenters. The van der Waals surface area contributed by atoms with E-state index in [0.717, 1.165) is 16.9 Å². The van der Waals surface area contributed by atoms with Gasteiger partial charge in [-0.1, -0.05) is 35.3 Å². The van der Waals surface area contributed by atoms with E-state index in [9.17, 15) is 4.79 Å². The van der Waals surface area contributed by atoms with Gasteiger partial charge in [-0.3, -0.25) is 9.78 Å². The molecule has 1 aromatic heterocycles. The largest absolute Gasteiger partial charge is 0.494 e. The fourth-order valence-corrected chi connectivity index (χ4v) is 3.79. The molecule has 0 N–H and O–H groups in total. The Kier molecular flexibility index (Phi) is 5.24. The number of hydrogen-bond donors (Lipinski definition) is 0. The number of rotatable bonds is 3. The lowest BCUT2D eigenvalue weighted by molar-refractivity contribution is 0.0743. The number of benzene rings is 2.